The number of methoxy groups -OCH3 is 11. The van der Waals surface area contributed by atoms with Crippen molar-refractivity contribution in [2.45, 2.75) is 61.4 Å². The van der Waals surface area contributed by atoms with E-state index < -0.39 is 66.8 Å². The van der Waals surface area contributed by atoms with Crippen molar-refractivity contribution < 1.29 is 75.5 Å². The topological polar surface area (TPSA) is 169 Å². The number of rotatable bonds is 18. The Morgan fingerprint density at radius 2 is 1.05 bits per heavy atom. The molecule has 0 spiro atoms. The first kappa shape index (κ1) is 42.4. The molecule has 10 atom stereocenters. The van der Waals surface area contributed by atoms with Crippen molar-refractivity contribution in [3.8, 4) is 40.1 Å². The van der Waals surface area contributed by atoms with E-state index in [0.717, 1.165) is 0 Å². The van der Waals surface area contributed by atoms with Crippen molar-refractivity contribution in [2.24, 2.45) is 0 Å². The highest BCUT2D eigenvalue weighted by Crippen LogP contribution is 2.46. The highest BCUT2D eigenvalue weighted by atomic mass is 16.7. The molecule has 0 unspecified atom stereocenters. The Morgan fingerprint density at radius 3 is 1.53 bits per heavy atom. The second-order valence-electron chi connectivity index (χ2n) is 12.6. The number of ether oxygens (including phenoxy) is 15. The minimum atomic E-state index is -1.16. The Kier molecular flexibility index (Phi) is 15.0. The molecule has 3 aromatic rings. The third-order valence-electron chi connectivity index (χ3n) is 9.72. The van der Waals surface area contributed by atoms with Crippen LogP contribution in [0.15, 0.2) is 39.5 Å². The van der Waals surface area contributed by atoms with Gasteiger partial charge in [0.2, 0.25) is 18.3 Å². The van der Waals surface area contributed by atoms with E-state index in [2.05, 4.69) is 0 Å². The van der Waals surface area contributed by atoms with Gasteiger partial charge in [0.05, 0.1) is 34.5 Å². The normalized spacial score (nSPS) is 28.2. The van der Waals surface area contributed by atoms with E-state index in [1.807, 2.05) is 0 Å². The van der Waals surface area contributed by atoms with E-state index in [1.54, 1.807) is 46.6 Å². The highest BCUT2D eigenvalue weighted by Gasteiger charge is 2.51. The van der Waals surface area contributed by atoms with Gasteiger partial charge in [-0.25, -0.2) is 0 Å². The Morgan fingerprint density at radius 1 is 0.527 bits per heavy atom. The van der Waals surface area contributed by atoms with Gasteiger partial charge in [-0.3, -0.25) is 4.79 Å². The molecule has 306 valence electrons. The van der Waals surface area contributed by atoms with Gasteiger partial charge in [0.1, 0.15) is 65.6 Å². The molecule has 55 heavy (non-hydrogen) atoms. The summed E-state index contributed by atoms with van der Waals surface area (Å²) in [4.78, 5) is 14.1. The van der Waals surface area contributed by atoms with E-state index in [4.69, 9.17) is 75.5 Å². The average Bonchev–Trinajstić information content (AvgIpc) is 3.20. The molecular weight excluding hydrogens is 728 g/mol. The molecule has 2 aliphatic heterocycles. The van der Waals surface area contributed by atoms with Crippen LogP contribution >= 0.6 is 0 Å². The molecule has 5 rings (SSSR count). The Bertz CT molecular complexity index is 1750. The molecule has 0 saturated carbocycles. The van der Waals surface area contributed by atoms with E-state index >= 15 is 0 Å². The van der Waals surface area contributed by atoms with Gasteiger partial charge < -0.3 is 75.5 Å². The Hall–Kier alpha value is -3.75. The second-order valence-corrected chi connectivity index (χ2v) is 12.6. The lowest BCUT2D eigenvalue weighted by Gasteiger charge is -2.45. The first-order valence-corrected chi connectivity index (χ1v) is 17.4. The van der Waals surface area contributed by atoms with Crippen LogP contribution in [-0.2, 0) is 47.4 Å². The third kappa shape index (κ3) is 8.51. The molecule has 0 bridgehead atoms. The van der Waals surface area contributed by atoms with Crippen LogP contribution in [0.1, 0.15) is 0 Å². The molecule has 17 nitrogen and oxygen atoms in total. The summed E-state index contributed by atoms with van der Waals surface area (Å²) in [5, 5.41) is 0.0599. The van der Waals surface area contributed by atoms with E-state index in [1.165, 1.54) is 61.9 Å². The maximum atomic E-state index is 14.1. The summed E-state index contributed by atoms with van der Waals surface area (Å²) in [7, 11) is 16.7. The van der Waals surface area contributed by atoms with Gasteiger partial charge in [-0.05, 0) is 18.2 Å². The van der Waals surface area contributed by atoms with Crippen molar-refractivity contribution in [1.29, 1.82) is 0 Å². The largest absolute Gasteiger partial charge is 0.493 e. The minimum absolute atomic E-state index is 0.0130. The van der Waals surface area contributed by atoms with E-state index in [-0.39, 0.29) is 47.2 Å². The van der Waals surface area contributed by atoms with Gasteiger partial charge in [-0.15, -0.1) is 0 Å². The zero-order chi connectivity index (χ0) is 39.8. The van der Waals surface area contributed by atoms with Gasteiger partial charge in [0.25, 0.3) is 0 Å². The summed E-state index contributed by atoms with van der Waals surface area (Å²) >= 11 is 0. The number of benzene rings is 2. The zero-order valence-electron chi connectivity index (χ0n) is 33.0. The van der Waals surface area contributed by atoms with Crippen molar-refractivity contribution >= 4 is 11.0 Å². The summed E-state index contributed by atoms with van der Waals surface area (Å²) in [6.45, 7) is 0.286. The molecule has 0 radical (unpaired) electrons. The fourth-order valence-electron chi connectivity index (χ4n) is 7.16. The molecule has 2 aliphatic rings. The lowest BCUT2D eigenvalue weighted by Crippen LogP contribution is -2.62. The standard InChI is InChI=1S/C38H52O17/c1-40-17-26-29(44-5)33(47-8)35(49-10)37(53-26)52-25-16-24-28(20(39)15-22(51-24)19-12-13-21(42-3)23(14-19)43-4)32(46-7)31(25)55-38-36(50-11)34(48-9)30(45-6)27(54-38)18-41-2/h12-16,26-27,29-30,33-38H,17-18H2,1-11H3/t26-,27-,29-,30-,33+,34+,35-,36-,37-,38+/m1/s1. The maximum absolute atomic E-state index is 14.1. The first-order chi connectivity index (χ1) is 26.7. The third-order valence-corrected chi connectivity index (χ3v) is 9.72. The van der Waals surface area contributed by atoms with Crippen LogP contribution in [0.3, 0.4) is 0 Å². The monoisotopic (exact) mass is 780 g/mol. The lowest BCUT2D eigenvalue weighted by atomic mass is 9.98. The van der Waals surface area contributed by atoms with Crippen LogP contribution < -0.4 is 29.1 Å². The van der Waals surface area contributed by atoms with Crippen LogP contribution in [0.2, 0.25) is 0 Å². The average molecular weight is 781 g/mol. The fraction of sp³-hybridized carbons (Fsp3) is 0.605. The van der Waals surface area contributed by atoms with Gasteiger partial charge in [0.15, 0.2) is 28.4 Å². The van der Waals surface area contributed by atoms with Crippen LogP contribution in [0, 0.1) is 0 Å². The van der Waals surface area contributed by atoms with Gasteiger partial charge in [0, 0.05) is 74.6 Å². The van der Waals surface area contributed by atoms with E-state index in [0.29, 0.717) is 17.1 Å². The summed E-state index contributed by atoms with van der Waals surface area (Å²) in [5.41, 5.74) is 0.211. The molecule has 2 saturated heterocycles. The first-order valence-electron chi connectivity index (χ1n) is 17.4. The summed E-state index contributed by atoms with van der Waals surface area (Å²) in [6, 6.07) is 8.00. The van der Waals surface area contributed by atoms with Crippen LogP contribution in [-0.4, -0.2) is 153 Å². The molecular formula is C38H52O17. The fourth-order valence-corrected chi connectivity index (χ4v) is 7.16. The van der Waals surface area contributed by atoms with Crippen LogP contribution in [0.5, 0.6) is 28.7 Å². The van der Waals surface area contributed by atoms with Crippen molar-refractivity contribution in [1.82, 2.24) is 0 Å². The number of fused-ring (bicyclic) bond motifs is 1. The number of hydrogen-bond acceptors (Lipinski definition) is 17. The molecule has 3 heterocycles. The quantitative estimate of drug-likeness (QED) is 0.185. The minimum Gasteiger partial charge on any atom is -0.493 e. The second kappa shape index (κ2) is 19.4. The van der Waals surface area contributed by atoms with Gasteiger partial charge in [-0.2, -0.15) is 0 Å². The van der Waals surface area contributed by atoms with Crippen molar-refractivity contribution in [2.75, 3.05) is 91.4 Å². The molecule has 0 amide bonds. The predicted octanol–water partition coefficient (Wildman–Crippen LogP) is 3.08. The van der Waals surface area contributed by atoms with Crippen molar-refractivity contribution in [3.63, 3.8) is 0 Å². The van der Waals surface area contributed by atoms with Gasteiger partial charge in [-0.1, -0.05) is 0 Å². The smallest absolute Gasteiger partial charge is 0.229 e. The molecule has 2 aromatic carbocycles. The number of hydrogen-bond donors (Lipinski definition) is 0. The zero-order valence-corrected chi connectivity index (χ0v) is 33.0. The molecule has 0 N–H and O–H groups in total. The van der Waals surface area contributed by atoms with Crippen LogP contribution in [0.4, 0.5) is 0 Å². The molecule has 2 fully saturated rings. The van der Waals surface area contributed by atoms with Crippen LogP contribution in [0.25, 0.3) is 22.3 Å². The Labute approximate surface area is 319 Å². The maximum Gasteiger partial charge on any atom is 0.229 e. The SMILES string of the molecule is COC[C@H]1O[C@@H](Oc2cc3oc(-c4ccc(OC)c(OC)c4)cc(=O)c3c(OC)c2O[C@@H]2O[C@H](COC)[C@@H](OC)[C@H](OC)[C@H]2OC)[C@H](OC)[C@@H](OC)[C@@H]1OC. The lowest BCUT2D eigenvalue weighted by molar-refractivity contribution is -0.296. The predicted molar refractivity (Wildman–Crippen MR) is 195 cm³/mol. The Balaban J connectivity index is 1.71. The van der Waals surface area contributed by atoms with E-state index in [9.17, 15) is 4.79 Å². The summed E-state index contributed by atoms with van der Waals surface area (Å²) in [6.07, 6.45) is -7.73. The molecule has 17 heteroatoms. The van der Waals surface area contributed by atoms with Gasteiger partial charge >= 0.3 is 0 Å². The van der Waals surface area contributed by atoms with Crippen molar-refractivity contribution in [3.05, 3.63) is 40.6 Å². The highest BCUT2D eigenvalue weighted by molar-refractivity contribution is 5.90. The summed E-state index contributed by atoms with van der Waals surface area (Å²) < 4.78 is 95.2. The summed E-state index contributed by atoms with van der Waals surface area (Å²) in [5.74, 6) is 1.18. The molecule has 0 aliphatic carbocycles. The molecule has 1 aromatic heterocycles.